The van der Waals surface area contributed by atoms with E-state index in [1.54, 1.807) is 61.5 Å². The molecule has 41 heteroatoms. The maximum absolute atomic E-state index is 13.6. The minimum Gasteiger partial charge on any atom is -0.463 e. The van der Waals surface area contributed by atoms with Crippen molar-refractivity contribution in [2.24, 2.45) is 0 Å². The number of rotatable bonds is 32. The Bertz CT molecular complexity index is 4370. The summed E-state index contributed by atoms with van der Waals surface area (Å²) in [5, 5.41) is 1.67. The fourth-order valence-electron chi connectivity index (χ4n) is 17.2. The number of carbonyl (C=O) groups is 10. The zero-order valence-electron chi connectivity index (χ0n) is 73.6. The van der Waals surface area contributed by atoms with Gasteiger partial charge >= 0.3 is 59.7 Å². The Hall–Kier alpha value is -8.22. The molecule has 10 aliphatic heterocycles. The van der Waals surface area contributed by atoms with Gasteiger partial charge in [0.25, 0.3) is 0 Å². The van der Waals surface area contributed by atoms with Crippen molar-refractivity contribution in [1.29, 1.82) is 0 Å². The van der Waals surface area contributed by atoms with E-state index in [1.165, 1.54) is 6.92 Å². The van der Waals surface area contributed by atoms with E-state index in [2.05, 4.69) is 0 Å². The van der Waals surface area contributed by atoms with Crippen LogP contribution in [-0.2, 0) is 208 Å². The summed E-state index contributed by atoms with van der Waals surface area (Å²) in [6.07, 6.45) is -41.8. The Kier molecular flexibility index (Phi) is 30.8. The second kappa shape index (κ2) is 40.7. The molecule has 0 aromatic heterocycles. The smallest absolute Gasteiger partial charge is 0.303 e. The molecule has 3 aromatic carbocycles. The monoisotopic (exact) mass is 1800 g/mol. The van der Waals surface area contributed by atoms with Crippen molar-refractivity contribution in [1.82, 2.24) is 0 Å². The van der Waals surface area contributed by atoms with Gasteiger partial charge in [0, 0.05) is 69.2 Å². The summed E-state index contributed by atoms with van der Waals surface area (Å²) in [6.45, 7) is 20.6. The minimum atomic E-state index is -1.89. The van der Waals surface area contributed by atoms with E-state index in [9.17, 15) is 47.9 Å². The van der Waals surface area contributed by atoms with Crippen LogP contribution in [-0.4, -0.2) is 307 Å². The largest absolute Gasteiger partial charge is 0.463 e. The number of ether oxygens (including phenoxy) is 31. The first-order valence-corrected chi connectivity index (χ1v) is 41.9. The molecule has 10 heterocycles. The van der Waals surface area contributed by atoms with Crippen molar-refractivity contribution >= 4 is 70.5 Å². The van der Waals surface area contributed by atoms with Gasteiger partial charge in [-0.05, 0) is 83.4 Å². The van der Waals surface area contributed by atoms with Crippen LogP contribution in [0.1, 0.15) is 136 Å². The van der Waals surface area contributed by atoms with Gasteiger partial charge < -0.3 is 147 Å². The molecule has 0 amide bonds. The van der Waals surface area contributed by atoms with Crippen LogP contribution in [0, 0.1) is 0 Å². The highest BCUT2D eigenvalue weighted by molar-refractivity contribution is 5.83. The molecular weight excluding hydrogens is 1690 g/mol. The molecule has 0 saturated carbocycles. The summed E-state index contributed by atoms with van der Waals surface area (Å²) in [4.78, 5) is 132. The van der Waals surface area contributed by atoms with Gasteiger partial charge in [0.1, 0.15) is 98.2 Å². The lowest BCUT2D eigenvalue weighted by Gasteiger charge is -2.47. The molecular formula is C86H112O41. The maximum atomic E-state index is 13.6. The molecule has 127 heavy (non-hydrogen) atoms. The highest BCUT2D eigenvalue weighted by atomic mass is 16.9. The third-order valence-electron chi connectivity index (χ3n) is 21.7. The molecule has 30 atom stereocenters. The Morgan fingerprint density at radius 2 is 0.559 bits per heavy atom. The second-order valence-electron chi connectivity index (χ2n) is 33.9. The average Bonchev–Trinajstić information content (AvgIpc) is 1.60. The van der Waals surface area contributed by atoms with Crippen molar-refractivity contribution in [2.75, 3.05) is 39.6 Å². The first-order valence-electron chi connectivity index (χ1n) is 41.9. The van der Waals surface area contributed by atoms with Crippen molar-refractivity contribution in [3.63, 3.8) is 0 Å². The van der Waals surface area contributed by atoms with Crippen molar-refractivity contribution in [2.45, 2.75) is 345 Å². The molecule has 0 spiro atoms. The Labute approximate surface area is 731 Å². The van der Waals surface area contributed by atoms with E-state index in [0.717, 1.165) is 78.6 Å². The summed E-state index contributed by atoms with van der Waals surface area (Å²) < 4.78 is 197. The highest BCUT2D eigenvalue weighted by Crippen LogP contribution is 2.48. The number of esters is 10. The lowest BCUT2D eigenvalue weighted by atomic mass is 9.96. The summed E-state index contributed by atoms with van der Waals surface area (Å²) in [5.74, 6) is -14.0. The summed E-state index contributed by atoms with van der Waals surface area (Å²) >= 11 is 0. The quantitative estimate of drug-likeness (QED) is 0.0617. The molecule has 10 fully saturated rings. The van der Waals surface area contributed by atoms with Gasteiger partial charge in [-0.3, -0.25) is 47.9 Å². The van der Waals surface area contributed by atoms with Crippen LogP contribution in [0.3, 0.4) is 0 Å². The molecule has 0 N–H and O–H groups in total. The molecule has 3 aromatic rings. The second-order valence-corrected chi connectivity index (χ2v) is 33.9. The molecule has 0 radical (unpaired) electrons. The van der Waals surface area contributed by atoms with Crippen LogP contribution in [0.5, 0.6) is 0 Å². The van der Waals surface area contributed by atoms with Gasteiger partial charge in [0.15, 0.2) is 116 Å². The van der Waals surface area contributed by atoms with Gasteiger partial charge in [-0.15, -0.1) is 0 Å². The summed E-state index contributed by atoms with van der Waals surface area (Å²) in [6, 6.07) is 22.3. The number of hydrogen-bond acceptors (Lipinski definition) is 41. The zero-order chi connectivity index (χ0) is 91.5. The van der Waals surface area contributed by atoms with E-state index in [0.29, 0.717) is 5.56 Å². The van der Waals surface area contributed by atoms with E-state index >= 15 is 0 Å². The van der Waals surface area contributed by atoms with Crippen molar-refractivity contribution in [3.05, 3.63) is 83.9 Å². The SMILES string of the molecule is CC(=O)OC[C@H]1O[C@@H](OC[C@H]2O[C@@H](OC[C@H]3O[C@@H](OC[C@H]4O[C@@H](OC[C@H]5O[C@@H](OC[C@H]6O[C@@H]7OC(C)(C)O[C@@H]7[C@H]7OC(C)(C)O[C@H]76)[C@H](OCc6ccccc6)[C@H]6OC(C)(C)O[C@H]65)[C@H](OC(C)=O)[C@H]5OC(C)(C)O[C@H]54)[C@H](OC(C)=O)[C@@H](OC(C)=O)[C@H]3OC(C)=O)[C@H](OCc3ccc4ccccc4c3)[C@@H](OC(C)=O)[C@H]2OC(C)=O)[C@H](OC(C)=O)[C@@H](OC(C)=O)[C@H]1OC(C)=O. The van der Waals surface area contributed by atoms with E-state index in [1.807, 2.05) is 66.7 Å². The van der Waals surface area contributed by atoms with Crippen LogP contribution in [0.2, 0.25) is 0 Å². The minimum absolute atomic E-state index is 0.0852. The third kappa shape index (κ3) is 24.1. The zero-order valence-corrected chi connectivity index (χ0v) is 73.6. The first kappa shape index (κ1) is 96.3. The van der Waals surface area contributed by atoms with E-state index < -0.39 is 300 Å². The Morgan fingerprint density at radius 3 is 1.02 bits per heavy atom. The van der Waals surface area contributed by atoms with Gasteiger partial charge in [0.05, 0.1) is 46.2 Å². The van der Waals surface area contributed by atoms with Crippen LogP contribution >= 0.6 is 0 Å². The summed E-state index contributed by atoms with van der Waals surface area (Å²) in [5.41, 5.74) is 1.38. The third-order valence-corrected chi connectivity index (χ3v) is 21.7. The molecule has 0 unspecified atom stereocenters. The molecule has 13 rings (SSSR count). The predicted octanol–water partition coefficient (Wildman–Crippen LogP) is 4.40. The Balaban J connectivity index is 0.806. The standard InChI is InChI=1S/C86H112O41/c1-39(87)97-33-53-60(106-41(3)89)66(109-44(6)92)73(111-46(8)94)79(115-53)102-35-54-59(105-40(2)88)65(108-43(5)91)71(99-32-50-28-29-51-26-22-23-27-52(51)30-50)77(114-54)100-34-55-61(107-42(4)90)67(110-45(7)93)74(112-47(9)95)80(116-55)103-37-57-63-69(124-84(13,14)121-63)75(113-48(10)96)81(118-57)104-36-56-62-68(123-83(11,12)120-62)72(98-31-49-24-20-19-21-25-49)78(117-56)101-38-58-64-70(125-85(15,16)122-64)76-82(119-58)127-86(17,18)126-76/h19-30,53-82H,31-38H2,1-18H3/t53-,54-,55-,56-,57-,58-,59+,60+,61+,62+,63+,64+,65+,66+,67+,68+,69+,70+,71-,72-,73-,74-,75-,76-,77-,78-,79-,80-,81-,82-/m1/s1. The van der Waals surface area contributed by atoms with Gasteiger partial charge in [-0.25, -0.2) is 0 Å². The molecule has 41 nitrogen and oxygen atoms in total. The lowest BCUT2D eigenvalue weighted by Crippen LogP contribution is -2.66. The number of hydrogen-bond donors (Lipinski definition) is 0. The molecule has 0 bridgehead atoms. The number of fused-ring (bicyclic) bond motifs is 6. The van der Waals surface area contributed by atoms with Gasteiger partial charge in [0.2, 0.25) is 0 Å². The van der Waals surface area contributed by atoms with E-state index in [-0.39, 0.29) is 19.8 Å². The van der Waals surface area contributed by atoms with Crippen LogP contribution in [0.15, 0.2) is 72.8 Å². The van der Waals surface area contributed by atoms with Crippen molar-refractivity contribution in [3.8, 4) is 0 Å². The fourth-order valence-corrected chi connectivity index (χ4v) is 17.2. The van der Waals surface area contributed by atoms with Crippen LogP contribution in [0.25, 0.3) is 10.8 Å². The lowest BCUT2D eigenvalue weighted by molar-refractivity contribution is -0.352. The number of carbonyl (C=O) groups excluding carboxylic acids is 10. The Morgan fingerprint density at radius 1 is 0.252 bits per heavy atom. The summed E-state index contributed by atoms with van der Waals surface area (Å²) in [7, 11) is 0. The predicted molar refractivity (Wildman–Crippen MR) is 417 cm³/mol. The highest BCUT2D eigenvalue weighted by Gasteiger charge is 2.65. The maximum Gasteiger partial charge on any atom is 0.303 e. The molecule has 10 aliphatic rings. The van der Waals surface area contributed by atoms with Gasteiger partial charge in [-0.1, -0.05) is 66.7 Å². The van der Waals surface area contributed by atoms with Crippen molar-refractivity contribution < 1.29 is 195 Å². The first-order chi connectivity index (χ1) is 60.0. The topological polar surface area (TPSA) is 457 Å². The molecule has 0 aliphatic carbocycles. The average molecular weight is 1800 g/mol. The van der Waals surface area contributed by atoms with Crippen LogP contribution in [0.4, 0.5) is 0 Å². The number of benzene rings is 3. The normalized spacial score (nSPS) is 36.6. The fraction of sp³-hybridized carbons (Fsp3) is 0.698. The van der Waals surface area contributed by atoms with Crippen LogP contribution < -0.4 is 0 Å². The molecule has 702 valence electrons. The van der Waals surface area contributed by atoms with E-state index in [4.69, 9.17) is 147 Å². The molecule has 10 saturated heterocycles. The van der Waals surface area contributed by atoms with Gasteiger partial charge in [-0.2, -0.15) is 0 Å².